The predicted octanol–water partition coefficient (Wildman–Crippen LogP) is 1.47. The van der Waals surface area contributed by atoms with Crippen LogP contribution in [0.4, 0.5) is 10.1 Å². The van der Waals surface area contributed by atoms with Gasteiger partial charge in [0.1, 0.15) is 5.82 Å². The van der Waals surface area contributed by atoms with Gasteiger partial charge >= 0.3 is 11.9 Å². The van der Waals surface area contributed by atoms with Gasteiger partial charge in [-0.25, -0.2) is 4.39 Å². The molecule has 102 valence electrons. The van der Waals surface area contributed by atoms with Crippen LogP contribution in [-0.2, 0) is 14.3 Å². The molecule has 0 bridgehead atoms. The lowest BCUT2D eigenvalue weighted by Gasteiger charge is -2.11. The minimum absolute atomic E-state index is 0.0915. The quantitative estimate of drug-likeness (QED) is 0.376. The van der Waals surface area contributed by atoms with Crippen LogP contribution in [0.15, 0.2) is 18.2 Å². The molecule has 0 fully saturated rings. The number of nitro groups is 1. The number of carbonyl (C=O) groups excluding carboxylic acids is 1. The summed E-state index contributed by atoms with van der Waals surface area (Å²) in [5.41, 5.74) is -1.20. The Morgan fingerprint density at radius 1 is 1.53 bits per heavy atom. The zero-order chi connectivity index (χ0) is 14.6. The molecule has 1 rings (SSSR count). The lowest BCUT2D eigenvalue weighted by Crippen LogP contribution is -2.24. The summed E-state index contributed by atoms with van der Waals surface area (Å²) in [4.78, 5) is 32.5. The third-order valence-corrected chi connectivity index (χ3v) is 2.27. The van der Waals surface area contributed by atoms with Gasteiger partial charge in [-0.15, -0.1) is 0 Å². The summed E-state index contributed by atoms with van der Waals surface area (Å²) >= 11 is 0. The van der Waals surface area contributed by atoms with E-state index in [0.29, 0.717) is 6.07 Å². The summed E-state index contributed by atoms with van der Waals surface area (Å²) in [7, 11) is 0. The Bertz CT molecular complexity index is 530. The second-order valence-corrected chi connectivity index (χ2v) is 3.48. The van der Waals surface area contributed by atoms with E-state index >= 15 is 0 Å². The molecule has 0 spiro atoms. The van der Waals surface area contributed by atoms with Gasteiger partial charge in [0, 0.05) is 6.07 Å². The molecule has 1 N–H and O–H groups in total. The third kappa shape index (κ3) is 3.24. The number of nitro benzene ring substituents is 1. The van der Waals surface area contributed by atoms with Crippen molar-refractivity contribution in [2.24, 2.45) is 0 Å². The van der Waals surface area contributed by atoms with Gasteiger partial charge in [0.05, 0.1) is 17.1 Å². The molecule has 8 heteroatoms. The summed E-state index contributed by atoms with van der Waals surface area (Å²) in [5, 5.41) is 19.8. The van der Waals surface area contributed by atoms with Crippen molar-refractivity contribution >= 4 is 17.6 Å². The van der Waals surface area contributed by atoms with Crippen molar-refractivity contribution in [3.8, 4) is 0 Å². The van der Waals surface area contributed by atoms with Crippen LogP contribution in [-0.4, -0.2) is 28.6 Å². The highest BCUT2D eigenvalue weighted by Crippen LogP contribution is 2.28. The number of nitrogens with zero attached hydrogens (tertiary/aromatic N) is 1. The summed E-state index contributed by atoms with van der Waals surface area (Å²) < 4.78 is 17.6. The molecule has 19 heavy (non-hydrogen) atoms. The van der Waals surface area contributed by atoms with Crippen molar-refractivity contribution < 1.29 is 28.7 Å². The van der Waals surface area contributed by atoms with Gasteiger partial charge < -0.3 is 9.84 Å². The number of halogens is 1. The number of rotatable bonds is 5. The second-order valence-electron chi connectivity index (χ2n) is 3.48. The van der Waals surface area contributed by atoms with Crippen molar-refractivity contribution in [1.29, 1.82) is 0 Å². The van der Waals surface area contributed by atoms with Gasteiger partial charge in [0.2, 0.25) is 0 Å². The fourth-order valence-corrected chi connectivity index (χ4v) is 1.51. The highest BCUT2D eigenvalue weighted by atomic mass is 19.1. The van der Waals surface area contributed by atoms with Crippen molar-refractivity contribution in [1.82, 2.24) is 0 Å². The van der Waals surface area contributed by atoms with Gasteiger partial charge in [-0.1, -0.05) is 0 Å². The molecular weight excluding hydrogens is 261 g/mol. The number of carbonyl (C=O) groups is 2. The first-order chi connectivity index (χ1) is 8.88. The number of carboxylic acids is 1. The van der Waals surface area contributed by atoms with Crippen LogP contribution in [0, 0.1) is 15.9 Å². The zero-order valence-electron chi connectivity index (χ0n) is 9.83. The van der Waals surface area contributed by atoms with Crippen LogP contribution in [0.5, 0.6) is 0 Å². The Balaban J connectivity index is 3.37. The first-order valence-electron chi connectivity index (χ1n) is 5.21. The maximum atomic E-state index is 13.1. The van der Waals surface area contributed by atoms with Crippen LogP contribution >= 0.6 is 0 Å². The average molecular weight is 271 g/mol. The maximum Gasteiger partial charge on any atom is 0.325 e. The molecule has 0 saturated carbocycles. The highest BCUT2D eigenvalue weighted by molar-refractivity contribution is 6.00. The number of hydrogen-bond acceptors (Lipinski definition) is 5. The Morgan fingerprint density at radius 3 is 2.63 bits per heavy atom. The molecular formula is C11H10FNO6. The molecule has 1 unspecified atom stereocenters. The van der Waals surface area contributed by atoms with E-state index in [1.807, 2.05) is 0 Å². The number of ether oxygens (including phenoxy) is 1. The lowest BCUT2D eigenvalue weighted by molar-refractivity contribution is -0.385. The molecule has 0 radical (unpaired) electrons. The highest BCUT2D eigenvalue weighted by Gasteiger charge is 2.35. The maximum absolute atomic E-state index is 13.1. The Morgan fingerprint density at radius 2 is 2.16 bits per heavy atom. The predicted molar refractivity (Wildman–Crippen MR) is 60.1 cm³/mol. The van der Waals surface area contributed by atoms with Crippen molar-refractivity contribution in [2.75, 3.05) is 6.61 Å². The van der Waals surface area contributed by atoms with Crippen LogP contribution in [0.3, 0.4) is 0 Å². The molecule has 0 saturated heterocycles. The van der Waals surface area contributed by atoms with E-state index < -0.39 is 39.8 Å². The van der Waals surface area contributed by atoms with E-state index in [2.05, 4.69) is 4.74 Å². The van der Waals surface area contributed by atoms with E-state index in [1.54, 1.807) is 0 Å². The van der Waals surface area contributed by atoms with Crippen LogP contribution in [0.2, 0.25) is 0 Å². The summed E-state index contributed by atoms with van der Waals surface area (Å²) in [6.45, 7) is 1.36. The molecule has 1 aromatic carbocycles. The molecule has 0 aliphatic rings. The van der Waals surface area contributed by atoms with Gasteiger partial charge in [0.25, 0.3) is 5.69 Å². The minimum Gasteiger partial charge on any atom is -0.480 e. The molecule has 1 aromatic rings. The monoisotopic (exact) mass is 271 g/mol. The molecule has 0 amide bonds. The summed E-state index contributed by atoms with van der Waals surface area (Å²) in [6.07, 6.45) is 0. The third-order valence-electron chi connectivity index (χ3n) is 2.27. The molecule has 7 nitrogen and oxygen atoms in total. The largest absolute Gasteiger partial charge is 0.480 e. The summed E-state index contributed by atoms with van der Waals surface area (Å²) in [6, 6.07) is 2.26. The Labute approximate surface area is 106 Å². The Hall–Kier alpha value is -2.51. The average Bonchev–Trinajstić information content (AvgIpc) is 2.28. The fraction of sp³-hybridized carbons (Fsp3) is 0.273. The number of hydrogen-bond donors (Lipinski definition) is 1. The van der Waals surface area contributed by atoms with E-state index in [1.165, 1.54) is 6.92 Å². The SMILES string of the molecule is CCOC(=O)C(C(=O)O)c1cc(F)ccc1[N+](=O)[O-]. The lowest BCUT2D eigenvalue weighted by atomic mass is 9.97. The number of benzene rings is 1. The smallest absolute Gasteiger partial charge is 0.325 e. The minimum atomic E-state index is -1.93. The molecule has 0 aliphatic heterocycles. The molecule has 1 atom stereocenters. The standard InChI is InChI=1S/C11H10FNO6/c1-2-19-11(16)9(10(14)15)7-5-6(12)3-4-8(7)13(17)18/h3-5,9H,2H2,1H3,(H,14,15). The van der Waals surface area contributed by atoms with E-state index in [0.717, 1.165) is 12.1 Å². The number of esters is 1. The van der Waals surface area contributed by atoms with E-state index in [-0.39, 0.29) is 6.61 Å². The van der Waals surface area contributed by atoms with Crippen LogP contribution < -0.4 is 0 Å². The topological polar surface area (TPSA) is 107 Å². The normalized spacial score (nSPS) is 11.7. The van der Waals surface area contributed by atoms with Crippen LogP contribution in [0.25, 0.3) is 0 Å². The zero-order valence-corrected chi connectivity index (χ0v) is 9.83. The fourth-order valence-electron chi connectivity index (χ4n) is 1.51. The van der Waals surface area contributed by atoms with E-state index in [4.69, 9.17) is 5.11 Å². The van der Waals surface area contributed by atoms with Gasteiger partial charge in [-0.05, 0) is 19.1 Å². The number of carboxylic acid groups (broad SMARTS) is 1. The van der Waals surface area contributed by atoms with Crippen molar-refractivity contribution in [3.63, 3.8) is 0 Å². The second kappa shape index (κ2) is 5.89. The number of aliphatic carboxylic acids is 1. The van der Waals surface area contributed by atoms with Crippen LogP contribution in [0.1, 0.15) is 18.4 Å². The first kappa shape index (κ1) is 14.6. The van der Waals surface area contributed by atoms with Gasteiger partial charge in [-0.3, -0.25) is 19.7 Å². The van der Waals surface area contributed by atoms with Gasteiger partial charge in [0.15, 0.2) is 5.92 Å². The Kier molecular flexibility index (Phi) is 4.51. The van der Waals surface area contributed by atoms with Gasteiger partial charge in [-0.2, -0.15) is 0 Å². The molecule has 0 heterocycles. The van der Waals surface area contributed by atoms with Crippen molar-refractivity contribution in [3.05, 3.63) is 39.7 Å². The molecule has 0 aliphatic carbocycles. The molecule has 0 aromatic heterocycles. The van der Waals surface area contributed by atoms with Crippen molar-refractivity contribution in [2.45, 2.75) is 12.8 Å². The van der Waals surface area contributed by atoms with E-state index in [9.17, 15) is 24.1 Å². The first-order valence-corrected chi connectivity index (χ1v) is 5.21. The summed E-state index contributed by atoms with van der Waals surface area (Å²) in [5.74, 6) is -5.64.